The van der Waals surface area contributed by atoms with Crippen molar-refractivity contribution in [2.24, 2.45) is 5.73 Å². The Bertz CT molecular complexity index is 976. The minimum Gasteiger partial charge on any atom is -0.492 e. The van der Waals surface area contributed by atoms with E-state index in [9.17, 15) is 9.59 Å². The average molecular weight is 338 g/mol. The number of nitrogens with one attached hydrogen (secondary N) is 1. The molecule has 0 spiro atoms. The maximum absolute atomic E-state index is 12.2. The van der Waals surface area contributed by atoms with Gasteiger partial charge in [-0.1, -0.05) is 6.07 Å². The van der Waals surface area contributed by atoms with E-state index in [0.717, 1.165) is 33.1 Å². The maximum atomic E-state index is 12.2. The smallest absolute Gasteiger partial charge is 0.234 e. The predicted octanol–water partition coefficient (Wildman–Crippen LogP) is 2.44. The molecule has 3 N–H and O–H groups in total. The lowest BCUT2D eigenvalue weighted by molar-refractivity contribution is -0.134. The summed E-state index contributed by atoms with van der Waals surface area (Å²) in [6.45, 7) is 0.916. The second-order valence-corrected chi connectivity index (χ2v) is 6.15. The monoisotopic (exact) mass is 338 g/mol. The number of fused-ring (bicyclic) bond motifs is 3. The summed E-state index contributed by atoms with van der Waals surface area (Å²) in [7, 11) is 0. The Labute approximate surface area is 143 Å². The summed E-state index contributed by atoms with van der Waals surface area (Å²) < 4.78 is 11.3. The summed E-state index contributed by atoms with van der Waals surface area (Å²) in [5.41, 5.74) is 7.02. The Balaban J connectivity index is 1.82. The first kappa shape index (κ1) is 15.7. The molecule has 1 atom stereocenters. The number of piperidine rings is 1. The summed E-state index contributed by atoms with van der Waals surface area (Å²) in [4.78, 5) is 23.7. The number of hydrogen-bond acceptors (Lipinski definition) is 5. The molecule has 2 amide bonds. The van der Waals surface area contributed by atoms with Crippen molar-refractivity contribution >= 4 is 33.6 Å². The largest absolute Gasteiger partial charge is 0.492 e. The van der Waals surface area contributed by atoms with Crippen molar-refractivity contribution in [1.82, 2.24) is 5.32 Å². The highest BCUT2D eigenvalue weighted by atomic mass is 16.5. The van der Waals surface area contributed by atoms with Crippen LogP contribution in [0.2, 0.25) is 0 Å². The number of benzene rings is 2. The zero-order chi connectivity index (χ0) is 17.4. The van der Waals surface area contributed by atoms with Crippen molar-refractivity contribution < 1.29 is 18.7 Å². The van der Waals surface area contributed by atoms with Gasteiger partial charge in [-0.2, -0.15) is 0 Å². The molecule has 0 radical (unpaired) electrons. The second-order valence-electron chi connectivity index (χ2n) is 6.15. The SMILES string of the molecule is NCCOc1ccc2c(ccc3occ(C4CCC(=O)NC4=O)c32)c1. The number of amides is 2. The first-order valence-electron chi connectivity index (χ1n) is 8.28. The van der Waals surface area contributed by atoms with Crippen LogP contribution in [0.15, 0.2) is 41.0 Å². The van der Waals surface area contributed by atoms with Gasteiger partial charge < -0.3 is 14.9 Å². The van der Waals surface area contributed by atoms with Gasteiger partial charge in [-0.3, -0.25) is 14.9 Å². The minimum absolute atomic E-state index is 0.222. The first-order valence-corrected chi connectivity index (χ1v) is 8.28. The highest BCUT2D eigenvalue weighted by Gasteiger charge is 2.30. The van der Waals surface area contributed by atoms with Crippen molar-refractivity contribution in [3.05, 3.63) is 42.2 Å². The van der Waals surface area contributed by atoms with Crippen molar-refractivity contribution in [1.29, 1.82) is 0 Å². The third-order valence-electron chi connectivity index (χ3n) is 4.56. The van der Waals surface area contributed by atoms with Gasteiger partial charge in [0.1, 0.15) is 17.9 Å². The van der Waals surface area contributed by atoms with Gasteiger partial charge >= 0.3 is 0 Å². The van der Waals surface area contributed by atoms with Crippen LogP contribution in [0.4, 0.5) is 0 Å². The summed E-state index contributed by atoms with van der Waals surface area (Å²) in [6, 6.07) is 9.66. The Morgan fingerprint density at radius 3 is 2.92 bits per heavy atom. The molecule has 0 saturated carbocycles. The summed E-state index contributed by atoms with van der Waals surface area (Å²) in [6.07, 6.45) is 2.46. The van der Waals surface area contributed by atoms with E-state index in [2.05, 4.69) is 5.32 Å². The molecule has 3 aromatic rings. The van der Waals surface area contributed by atoms with Crippen molar-refractivity contribution in [3.63, 3.8) is 0 Å². The Morgan fingerprint density at radius 1 is 1.24 bits per heavy atom. The van der Waals surface area contributed by atoms with E-state index in [1.165, 1.54) is 0 Å². The number of furan rings is 1. The first-order chi connectivity index (χ1) is 12.2. The molecular formula is C19H18N2O4. The highest BCUT2D eigenvalue weighted by molar-refractivity contribution is 6.10. The van der Waals surface area contributed by atoms with Gasteiger partial charge in [0.15, 0.2) is 0 Å². The molecule has 0 bridgehead atoms. The molecular weight excluding hydrogens is 320 g/mol. The van der Waals surface area contributed by atoms with E-state index in [-0.39, 0.29) is 17.7 Å². The zero-order valence-electron chi connectivity index (χ0n) is 13.6. The van der Waals surface area contributed by atoms with Gasteiger partial charge in [0.2, 0.25) is 11.8 Å². The van der Waals surface area contributed by atoms with E-state index >= 15 is 0 Å². The Hall–Kier alpha value is -2.86. The van der Waals surface area contributed by atoms with Crippen LogP contribution in [0.5, 0.6) is 5.75 Å². The van der Waals surface area contributed by atoms with Gasteiger partial charge in [0.05, 0.1) is 12.2 Å². The number of carbonyl (C=O) groups excluding carboxylic acids is 2. The number of ether oxygens (including phenoxy) is 1. The molecule has 1 aliphatic rings. The van der Waals surface area contributed by atoms with Crippen LogP contribution < -0.4 is 15.8 Å². The average Bonchev–Trinajstić information content (AvgIpc) is 3.04. The number of rotatable bonds is 4. The van der Waals surface area contributed by atoms with E-state index < -0.39 is 0 Å². The van der Waals surface area contributed by atoms with Gasteiger partial charge in [-0.05, 0) is 41.5 Å². The molecule has 4 rings (SSSR count). The van der Waals surface area contributed by atoms with E-state index in [1.807, 2.05) is 30.3 Å². The van der Waals surface area contributed by atoms with E-state index in [4.69, 9.17) is 14.9 Å². The second kappa shape index (κ2) is 6.22. The van der Waals surface area contributed by atoms with E-state index in [0.29, 0.717) is 26.0 Å². The standard InChI is InChI=1S/C19H18N2O4/c20-7-8-24-12-2-3-13-11(9-12)1-5-16-18(13)15(10-25-16)14-4-6-17(22)21-19(14)23/h1-3,5,9-10,14H,4,6-8,20H2,(H,21,22,23). The third kappa shape index (κ3) is 2.74. The summed E-state index contributed by atoms with van der Waals surface area (Å²) in [5.74, 6) is -0.111. The lowest BCUT2D eigenvalue weighted by Crippen LogP contribution is -2.39. The van der Waals surface area contributed by atoms with Gasteiger partial charge in [-0.15, -0.1) is 0 Å². The molecule has 128 valence electrons. The molecule has 25 heavy (non-hydrogen) atoms. The molecule has 6 heteroatoms. The molecule has 2 heterocycles. The molecule has 0 aliphatic carbocycles. The zero-order valence-corrected chi connectivity index (χ0v) is 13.6. The molecule has 1 aliphatic heterocycles. The lowest BCUT2D eigenvalue weighted by atomic mass is 9.89. The van der Waals surface area contributed by atoms with Crippen LogP contribution in [-0.2, 0) is 9.59 Å². The van der Waals surface area contributed by atoms with Crippen LogP contribution in [-0.4, -0.2) is 25.0 Å². The van der Waals surface area contributed by atoms with Crippen LogP contribution in [0.1, 0.15) is 24.3 Å². The molecule has 1 saturated heterocycles. The van der Waals surface area contributed by atoms with Crippen LogP contribution in [0.25, 0.3) is 21.7 Å². The fourth-order valence-corrected chi connectivity index (χ4v) is 3.38. The molecule has 2 aromatic carbocycles. The molecule has 1 unspecified atom stereocenters. The lowest BCUT2D eigenvalue weighted by Gasteiger charge is -2.20. The Kier molecular flexibility index (Phi) is 3.89. The summed E-state index contributed by atoms with van der Waals surface area (Å²) in [5, 5.41) is 5.31. The van der Waals surface area contributed by atoms with Crippen molar-refractivity contribution in [3.8, 4) is 5.75 Å². The molecule has 1 fully saturated rings. The topological polar surface area (TPSA) is 94.6 Å². The highest BCUT2D eigenvalue weighted by Crippen LogP contribution is 2.37. The van der Waals surface area contributed by atoms with Crippen LogP contribution in [0, 0.1) is 0 Å². The normalized spacial score (nSPS) is 17.9. The van der Waals surface area contributed by atoms with Crippen molar-refractivity contribution in [2.75, 3.05) is 13.2 Å². The van der Waals surface area contributed by atoms with Gasteiger partial charge in [0.25, 0.3) is 0 Å². The van der Waals surface area contributed by atoms with Crippen molar-refractivity contribution in [2.45, 2.75) is 18.8 Å². The van der Waals surface area contributed by atoms with Gasteiger partial charge in [0, 0.05) is 23.9 Å². The number of imide groups is 1. The number of nitrogens with two attached hydrogens (primary N) is 1. The Morgan fingerprint density at radius 2 is 2.12 bits per heavy atom. The third-order valence-corrected chi connectivity index (χ3v) is 4.56. The fourth-order valence-electron chi connectivity index (χ4n) is 3.38. The summed E-state index contributed by atoms with van der Waals surface area (Å²) >= 11 is 0. The van der Waals surface area contributed by atoms with Gasteiger partial charge in [-0.25, -0.2) is 0 Å². The van der Waals surface area contributed by atoms with Crippen LogP contribution in [0.3, 0.4) is 0 Å². The minimum atomic E-state index is -0.377. The van der Waals surface area contributed by atoms with Crippen LogP contribution >= 0.6 is 0 Å². The number of hydrogen-bond donors (Lipinski definition) is 2. The maximum Gasteiger partial charge on any atom is 0.234 e. The molecule has 1 aromatic heterocycles. The fraction of sp³-hybridized carbons (Fsp3) is 0.263. The molecule has 6 nitrogen and oxygen atoms in total. The number of carbonyl (C=O) groups is 2. The predicted molar refractivity (Wildman–Crippen MR) is 93.4 cm³/mol. The van der Waals surface area contributed by atoms with E-state index in [1.54, 1.807) is 6.26 Å². The quantitative estimate of drug-likeness (QED) is 0.713.